The van der Waals surface area contributed by atoms with Crippen LogP contribution in [0.1, 0.15) is 23.7 Å². The molecule has 7 heteroatoms. The van der Waals surface area contributed by atoms with Crippen molar-refractivity contribution in [1.82, 2.24) is 0 Å². The minimum atomic E-state index is -0.694. The van der Waals surface area contributed by atoms with Gasteiger partial charge in [-0.15, -0.1) is 0 Å². The van der Waals surface area contributed by atoms with Gasteiger partial charge in [0.25, 0.3) is 17.4 Å². The Balaban J connectivity index is 2.20. The van der Waals surface area contributed by atoms with E-state index in [0.717, 1.165) is 6.07 Å². The average molecular weight is 278 g/mol. The second kappa shape index (κ2) is 5.79. The Bertz CT molecular complexity index is 570. The van der Waals surface area contributed by atoms with Crippen LogP contribution >= 0.6 is 0 Å². The third kappa shape index (κ3) is 2.53. The summed E-state index contributed by atoms with van der Waals surface area (Å²) >= 11 is 0. The highest BCUT2D eigenvalue weighted by atomic mass is 16.6. The van der Waals surface area contributed by atoms with Gasteiger partial charge in [0.05, 0.1) is 16.2 Å². The molecule has 2 rings (SSSR count). The van der Waals surface area contributed by atoms with Crippen molar-refractivity contribution in [2.24, 2.45) is 0 Å². The lowest BCUT2D eigenvalue weighted by atomic mass is 10.1. The van der Waals surface area contributed by atoms with Crippen LogP contribution in [0, 0.1) is 10.1 Å². The van der Waals surface area contributed by atoms with Crippen molar-refractivity contribution in [3.05, 3.63) is 33.9 Å². The first kappa shape index (κ1) is 14.1. The second-order valence-corrected chi connectivity index (χ2v) is 4.29. The number of nitrogens with zero attached hydrogens (tertiary/aromatic N) is 2. The molecule has 1 aliphatic heterocycles. The molecule has 0 aromatic heterocycles. The number of ketones is 1. The van der Waals surface area contributed by atoms with Gasteiger partial charge in [0.1, 0.15) is 0 Å². The van der Waals surface area contributed by atoms with Gasteiger partial charge >= 0.3 is 0 Å². The van der Waals surface area contributed by atoms with E-state index in [9.17, 15) is 19.7 Å². The Hall–Kier alpha value is -2.28. The number of anilines is 1. The first-order valence-electron chi connectivity index (χ1n) is 6.28. The third-order valence-corrected chi connectivity index (χ3v) is 3.04. The standard InChI is InChI=1S/C13H14N2O5/c1-2-20-7-3-6-14-11-5-4-9(15(18)19)8-10(11)12(16)13(14)17/h4-5,8H,2-3,6-7H2,1H3. The highest BCUT2D eigenvalue weighted by Crippen LogP contribution is 2.31. The molecule has 0 saturated heterocycles. The van der Waals surface area contributed by atoms with Crippen molar-refractivity contribution in [2.45, 2.75) is 13.3 Å². The number of nitro groups is 1. The summed E-state index contributed by atoms with van der Waals surface area (Å²) in [4.78, 5) is 35.2. The Kier molecular flexibility index (Phi) is 4.09. The molecular formula is C13H14N2O5. The molecule has 1 heterocycles. The number of ether oxygens (including phenoxy) is 1. The third-order valence-electron chi connectivity index (χ3n) is 3.04. The molecule has 0 N–H and O–H groups in total. The summed E-state index contributed by atoms with van der Waals surface area (Å²) in [6.07, 6.45) is 0.600. The molecule has 0 fully saturated rings. The maximum Gasteiger partial charge on any atom is 0.299 e. The fraction of sp³-hybridized carbons (Fsp3) is 0.385. The van der Waals surface area contributed by atoms with Crippen LogP contribution in [0.15, 0.2) is 18.2 Å². The second-order valence-electron chi connectivity index (χ2n) is 4.29. The summed E-state index contributed by atoms with van der Waals surface area (Å²) < 4.78 is 5.18. The molecule has 0 saturated carbocycles. The number of fused-ring (bicyclic) bond motifs is 1. The number of hydrogen-bond donors (Lipinski definition) is 0. The normalized spacial score (nSPS) is 13.8. The average Bonchev–Trinajstić information content (AvgIpc) is 2.67. The van der Waals surface area contributed by atoms with Crippen molar-refractivity contribution >= 4 is 23.1 Å². The SMILES string of the molecule is CCOCCCN1C(=O)C(=O)c2cc([N+](=O)[O-])ccc21. The van der Waals surface area contributed by atoms with Crippen molar-refractivity contribution in [1.29, 1.82) is 0 Å². The molecule has 1 aromatic rings. The van der Waals surface area contributed by atoms with Gasteiger partial charge in [-0.05, 0) is 19.4 Å². The molecule has 1 amide bonds. The number of carbonyl (C=O) groups is 2. The fourth-order valence-electron chi connectivity index (χ4n) is 2.09. The predicted molar refractivity (Wildman–Crippen MR) is 70.9 cm³/mol. The summed E-state index contributed by atoms with van der Waals surface area (Å²) in [7, 11) is 0. The topological polar surface area (TPSA) is 89.8 Å². The zero-order chi connectivity index (χ0) is 14.7. The highest BCUT2D eigenvalue weighted by Gasteiger charge is 2.36. The zero-order valence-electron chi connectivity index (χ0n) is 11.0. The summed E-state index contributed by atoms with van der Waals surface area (Å²) in [6.45, 7) is 3.32. The van der Waals surface area contributed by atoms with E-state index >= 15 is 0 Å². The van der Waals surface area contributed by atoms with Gasteiger partial charge in [-0.25, -0.2) is 0 Å². The van der Waals surface area contributed by atoms with Crippen LogP contribution in [-0.2, 0) is 9.53 Å². The summed E-state index contributed by atoms with van der Waals surface area (Å²) in [6, 6.07) is 3.88. The number of rotatable bonds is 6. The smallest absolute Gasteiger partial charge is 0.299 e. The van der Waals surface area contributed by atoms with E-state index in [0.29, 0.717) is 31.9 Å². The summed E-state index contributed by atoms with van der Waals surface area (Å²) in [5, 5.41) is 10.7. The monoisotopic (exact) mass is 278 g/mol. The van der Waals surface area contributed by atoms with E-state index in [1.165, 1.54) is 17.0 Å². The van der Waals surface area contributed by atoms with Crippen molar-refractivity contribution in [2.75, 3.05) is 24.7 Å². The molecule has 0 unspecified atom stereocenters. The number of nitro benzene ring substituents is 1. The predicted octanol–water partition coefficient (Wildman–Crippen LogP) is 1.55. The number of benzene rings is 1. The van der Waals surface area contributed by atoms with Crippen LogP contribution in [0.25, 0.3) is 0 Å². The van der Waals surface area contributed by atoms with Gasteiger partial charge < -0.3 is 9.64 Å². The number of Topliss-reactive ketones (excluding diaryl/α,β-unsaturated/α-hetero) is 1. The minimum Gasteiger partial charge on any atom is -0.382 e. The number of non-ortho nitro benzene ring substituents is 1. The van der Waals surface area contributed by atoms with Crippen LogP contribution in [0.2, 0.25) is 0 Å². The van der Waals surface area contributed by atoms with Gasteiger partial charge in [-0.3, -0.25) is 19.7 Å². The van der Waals surface area contributed by atoms with E-state index in [1.54, 1.807) is 0 Å². The van der Waals surface area contributed by atoms with Gasteiger partial charge in [-0.2, -0.15) is 0 Å². The van der Waals surface area contributed by atoms with E-state index in [-0.39, 0.29) is 11.3 Å². The zero-order valence-corrected chi connectivity index (χ0v) is 11.0. The van der Waals surface area contributed by atoms with Crippen LogP contribution < -0.4 is 4.90 Å². The van der Waals surface area contributed by atoms with Crippen LogP contribution in [-0.4, -0.2) is 36.4 Å². The molecule has 0 radical (unpaired) electrons. The van der Waals surface area contributed by atoms with Gasteiger partial charge in [0.2, 0.25) is 0 Å². The number of hydrogen-bond acceptors (Lipinski definition) is 5. The maximum absolute atomic E-state index is 11.9. The molecule has 20 heavy (non-hydrogen) atoms. The Morgan fingerprint density at radius 1 is 1.35 bits per heavy atom. The minimum absolute atomic E-state index is 0.0978. The molecule has 0 spiro atoms. The first-order valence-corrected chi connectivity index (χ1v) is 6.28. The molecule has 1 aromatic carbocycles. The lowest BCUT2D eigenvalue weighted by Crippen LogP contribution is -2.31. The fourth-order valence-corrected chi connectivity index (χ4v) is 2.09. The van der Waals surface area contributed by atoms with E-state index in [4.69, 9.17) is 4.74 Å². The van der Waals surface area contributed by atoms with E-state index < -0.39 is 16.6 Å². The molecule has 7 nitrogen and oxygen atoms in total. The summed E-state index contributed by atoms with van der Waals surface area (Å²) in [5.41, 5.74) is 0.337. The molecule has 106 valence electrons. The van der Waals surface area contributed by atoms with Crippen LogP contribution in [0.4, 0.5) is 11.4 Å². The first-order chi connectivity index (χ1) is 9.56. The van der Waals surface area contributed by atoms with Crippen molar-refractivity contribution in [3.63, 3.8) is 0 Å². The van der Waals surface area contributed by atoms with Crippen molar-refractivity contribution < 1.29 is 19.2 Å². The molecule has 0 bridgehead atoms. The molecule has 1 aliphatic rings. The van der Waals surface area contributed by atoms with Crippen LogP contribution in [0.5, 0.6) is 0 Å². The maximum atomic E-state index is 11.9. The molecule has 0 aliphatic carbocycles. The van der Waals surface area contributed by atoms with E-state index in [1.807, 2.05) is 6.92 Å². The van der Waals surface area contributed by atoms with Crippen LogP contribution in [0.3, 0.4) is 0 Å². The van der Waals surface area contributed by atoms with Gasteiger partial charge in [-0.1, -0.05) is 0 Å². The number of carbonyl (C=O) groups excluding carboxylic acids is 2. The van der Waals surface area contributed by atoms with Gasteiger partial charge in [0, 0.05) is 31.9 Å². The number of amides is 1. The Morgan fingerprint density at radius 3 is 2.75 bits per heavy atom. The van der Waals surface area contributed by atoms with E-state index in [2.05, 4.69) is 0 Å². The van der Waals surface area contributed by atoms with Crippen molar-refractivity contribution in [3.8, 4) is 0 Å². The highest BCUT2D eigenvalue weighted by molar-refractivity contribution is 6.52. The lowest BCUT2D eigenvalue weighted by Gasteiger charge is -2.15. The Labute approximate surface area is 115 Å². The van der Waals surface area contributed by atoms with Gasteiger partial charge in [0.15, 0.2) is 0 Å². The largest absolute Gasteiger partial charge is 0.382 e. The quantitative estimate of drug-likeness (QED) is 0.341. The molecule has 0 atom stereocenters. The molecular weight excluding hydrogens is 264 g/mol. The summed E-state index contributed by atoms with van der Waals surface area (Å²) in [5.74, 6) is -1.34. The lowest BCUT2D eigenvalue weighted by molar-refractivity contribution is -0.384. The Morgan fingerprint density at radius 2 is 2.10 bits per heavy atom.